The summed E-state index contributed by atoms with van der Waals surface area (Å²) in [5.74, 6) is -0.376. The molecule has 26 heavy (non-hydrogen) atoms. The highest BCUT2D eigenvalue weighted by atomic mass is 16.1. The Morgan fingerprint density at radius 2 is 1.96 bits per heavy atom. The zero-order valence-corrected chi connectivity index (χ0v) is 15.1. The molecule has 2 rings (SSSR count). The molecule has 0 fully saturated rings. The van der Waals surface area contributed by atoms with Gasteiger partial charge >= 0.3 is 0 Å². The van der Waals surface area contributed by atoms with Gasteiger partial charge in [0, 0.05) is 5.69 Å². The van der Waals surface area contributed by atoms with E-state index in [1.165, 1.54) is 6.20 Å². The lowest BCUT2D eigenvalue weighted by Gasteiger charge is -2.18. The molecule has 0 saturated heterocycles. The first-order chi connectivity index (χ1) is 12.3. The van der Waals surface area contributed by atoms with Gasteiger partial charge in [-0.15, -0.1) is 0 Å². The molecule has 0 aliphatic heterocycles. The van der Waals surface area contributed by atoms with Crippen LogP contribution in [-0.2, 0) is 4.79 Å². The quantitative estimate of drug-likeness (QED) is 0.570. The standard InChI is InChI=1S/C18H24N6O2/c1-10(2)7-13(16(19)25)23-14-9-21-15(17(20)26)18(24-14)22-12-6-4-5-11(3)8-12/h4-6,8-10,13H,7H2,1-3H3,(H2,19,25)(H2,20,26)(H2,22,23,24). The number of nitrogens with one attached hydrogen (secondary N) is 2. The van der Waals surface area contributed by atoms with Crippen molar-refractivity contribution in [3.05, 3.63) is 41.7 Å². The predicted molar refractivity (Wildman–Crippen MR) is 101 cm³/mol. The number of aryl methyl sites for hydroxylation is 1. The number of anilines is 3. The van der Waals surface area contributed by atoms with E-state index in [0.717, 1.165) is 11.3 Å². The van der Waals surface area contributed by atoms with Crippen molar-refractivity contribution < 1.29 is 9.59 Å². The van der Waals surface area contributed by atoms with Crippen molar-refractivity contribution >= 4 is 29.1 Å². The van der Waals surface area contributed by atoms with Gasteiger partial charge in [-0.1, -0.05) is 26.0 Å². The molecule has 1 unspecified atom stereocenters. The van der Waals surface area contributed by atoms with Crippen molar-refractivity contribution in [2.24, 2.45) is 17.4 Å². The van der Waals surface area contributed by atoms with Crippen LogP contribution in [0.1, 0.15) is 36.3 Å². The number of hydrogen-bond donors (Lipinski definition) is 4. The van der Waals surface area contributed by atoms with Crippen LogP contribution in [0.2, 0.25) is 0 Å². The maximum Gasteiger partial charge on any atom is 0.271 e. The largest absolute Gasteiger partial charge is 0.368 e. The molecule has 0 aliphatic carbocycles. The Hall–Kier alpha value is -3.16. The average molecular weight is 356 g/mol. The number of rotatable bonds is 8. The normalized spacial score (nSPS) is 11.8. The van der Waals surface area contributed by atoms with E-state index < -0.39 is 17.9 Å². The molecule has 0 aliphatic rings. The summed E-state index contributed by atoms with van der Waals surface area (Å²) >= 11 is 0. The zero-order chi connectivity index (χ0) is 19.3. The molecule has 1 aromatic carbocycles. The highest BCUT2D eigenvalue weighted by Crippen LogP contribution is 2.21. The van der Waals surface area contributed by atoms with Crippen molar-refractivity contribution in [2.75, 3.05) is 10.6 Å². The van der Waals surface area contributed by atoms with Gasteiger partial charge in [0.05, 0.1) is 6.20 Å². The van der Waals surface area contributed by atoms with Gasteiger partial charge in [0.15, 0.2) is 11.5 Å². The predicted octanol–water partition coefficient (Wildman–Crippen LogP) is 1.94. The third-order valence-electron chi connectivity index (χ3n) is 3.66. The highest BCUT2D eigenvalue weighted by Gasteiger charge is 2.19. The second-order valence-corrected chi connectivity index (χ2v) is 6.54. The molecule has 0 spiro atoms. The highest BCUT2D eigenvalue weighted by molar-refractivity contribution is 5.96. The van der Waals surface area contributed by atoms with E-state index in [2.05, 4.69) is 20.6 Å². The molecule has 8 heteroatoms. The maximum absolute atomic E-state index is 11.7. The fourth-order valence-electron chi connectivity index (χ4n) is 2.48. The number of benzene rings is 1. The van der Waals surface area contributed by atoms with Crippen molar-refractivity contribution in [3.8, 4) is 0 Å². The van der Waals surface area contributed by atoms with E-state index in [4.69, 9.17) is 11.5 Å². The van der Waals surface area contributed by atoms with Crippen molar-refractivity contribution in [2.45, 2.75) is 33.2 Å². The minimum absolute atomic E-state index is 0.0107. The van der Waals surface area contributed by atoms with Gasteiger partial charge in [0.1, 0.15) is 11.9 Å². The number of primary amides is 2. The molecule has 0 bridgehead atoms. The van der Waals surface area contributed by atoms with E-state index in [-0.39, 0.29) is 17.4 Å². The summed E-state index contributed by atoms with van der Waals surface area (Å²) in [6.45, 7) is 5.93. The van der Waals surface area contributed by atoms with Gasteiger partial charge in [0.25, 0.3) is 5.91 Å². The molecule has 8 nitrogen and oxygen atoms in total. The minimum Gasteiger partial charge on any atom is -0.368 e. The number of hydrogen-bond acceptors (Lipinski definition) is 6. The van der Waals surface area contributed by atoms with E-state index in [1.54, 1.807) is 0 Å². The van der Waals surface area contributed by atoms with Gasteiger partial charge in [-0.3, -0.25) is 9.59 Å². The summed E-state index contributed by atoms with van der Waals surface area (Å²) in [5.41, 5.74) is 12.6. The molecule has 6 N–H and O–H groups in total. The van der Waals surface area contributed by atoms with Crippen LogP contribution in [-0.4, -0.2) is 27.8 Å². The van der Waals surface area contributed by atoms with Gasteiger partial charge < -0.3 is 22.1 Å². The number of nitrogens with zero attached hydrogens (tertiary/aromatic N) is 2. The Balaban J connectivity index is 2.32. The van der Waals surface area contributed by atoms with Gasteiger partial charge in [-0.2, -0.15) is 0 Å². The van der Waals surface area contributed by atoms with E-state index in [1.807, 2.05) is 45.0 Å². The van der Waals surface area contributed by atoms with Crippen LogP contribution in [0.25, 0.3) is 0 Å². The Bertz CT molecular complexity index is 806. The second-order valence-electron chi connectivity index (χ2n) is 6.54. The van der Waals surface area contributed by atoms with Crippen molar-refractivity contribution in [3.63, 3.8) is 0 Å². The lowest BCUT2D eigenvalue weighted by Crippen LogP contribution is -2.37. The number of nitrogens with two attached hydrogens (primary N) is 2. The van der Waals surface area contributed by atoms with Crippen molar-refractivity contribution in [1.82, 2.24) is 9.97 Å². The van der Waals surface area contributed by atoms with Gasteiger partial charge in [0.2, 0.25) is 5.91 Å². The smallest absolute Gasteiger partial charge is 0.271 e. The maximum atomic E-state index is 11.7. The summed E-state index contributed by atoms with van der Waals surface area (Å²) in [7, 11) is 0. The van der Waals surface area contributed by atoms with Gasteiger partial charge in [-0.05, 0) is 37.0 Å². The van der Waals surface area contributed by atoms with Crippen LogP contribution in [0.15, 0.2) is 30.5 Å². The molecule has 1 aromatic heterocycles. The SMILES string of the molecule is Cc1cccc(Nc2nc(NC(CC(C)C)C(N)=O)cnc2C(N)=O)c1. The molecular formula is C18H24N6O2. The van der Waals surface area contributed by atoms with E-state index in [0.29, 0.717) is 12.2 Å². The van der Waals surface area contributed by atoms with Crippen LogP contribution in [0.4, 0.5) is 17.3 Å². The average Bonchev–Trinajstić information content (AvgIpc) is 2.53. The third kappa shape index (κ3) is 5.17. The fourth-order valence-corrected chi connectivity index (χ4v) is 2.48. The zero-order valence-electron chi connectivity index (χ0n) is 15.1. The molecule has 1 heterocycles. The van der Waals surface area contributed by atoms with Crippen LogP contribution in [0.5, 0.6) is 0 Å². The van der Waals surface area contributed by atoms with Crippen LogP contribution < -0.4 is 22.1 Å². The summed E-state index contributed by atoms with van der Waals surface area (Å²) in [6, 6.07) is 6.98. The number of carbonyl (C=O) groups is 2. The summed E-state index contributed by atoms with van der Waals surface area (Å²) < 4.78 is 0. The van der Waals surface area contributed by atoms with Crippen LogP contribution in [0, 0.1) is 12.8 Å². The number of aromatic nitrogens is 2. The molecular weight excluding hydrogens is 332 g/mol. The summed E-state index contributed by atoms with van der Waals surface area (Å²) in [6.07, 6.45) is 1.91. The fraction of sp³-hybridized carbons (Fsp3) is 0.333. The Kier molecular flexibility index (Phi) is 6.11. The molecule has 0 radical (unpaired) electrons. The van der Waals surface area contributed by atoms with Crippen molar-refractivity contribution in [1.29, 1.82) is 0 Å². The molecule has 2 amide bonds. The number of amides is 2. The van der Waals surface area contributed by atoms with E-state index >= 15 is 0 Å². The number of carbonyl (C=O) groups excluding carboxylic acids is 2. The summed E-state index contributed by atoms with van der Waals surface area (Å²) in [5, 5.41) is 6.02. The Morgan fingerprint density at radius 3 is 2.54 bits per heavy atom. The van der Waals surface area contributed by atoms with Gasteiger partial charge in [-0.25, -0.2) is 9.97 Å². The van der Waals surface area contributed by atoms with E-state index in [9.17, 15) is 9.59 Å². The lowest BCUT2D eigenvalue weighted by atomic mass is 10.0. The first-order valence-corrected chi connectivity index (χ1v) is 8.32. The third-order valence-corrected chi connectivity index (χ3v) is 3.66. The molecule has 1 atom stereocenters. The molecule has 138 valence electrons. The first-order valence-electron chi connectivity index (χ1n) is 8.32. The topological polar surface area (TPSA) is 136 Å². The lowest BCUT2D eigenvalue weighted by molar-refractivity contribution is -0.119. The Morgan fingerprint density at radius 1 is 1.23 bits per heavy atom. The second kappa shape index (κ2) is 8.28. The molecule has 2 aromatic rings. The molecule has 0 saturated carbocycles. The van der Waals surface area contributed by atoms with Crippen LogP contribution >= 0.6 is 0 Å². The van der Waals surface area contributed by atoms with Crippen LogP contribution in [0.3, 0.4) is 0 Å². The first kappa shape index (κ1) is 19.2. The Labute approximate surface area is 152 Å². The monoisotopic (exact) mass is 356 g/mol. The summed E-state index contributed by atoms with van der Waals surface area (Å²) in [4.78, 5) is 31.7. The minimum atomic E-state index is -0.701.